The molecule has 3 heterocycles. The molecular formula is C19H21N5O. The van der Waals surface area contributed by atoms with Crippen molar-refractivity contribution in [2.24, 2.45) is 0 Å². The first-order valence-electron chi connectivity index (χ1n) is 8.65. The summed E-state index contributed by atoms with van der Waals surface area (Å²) in [6.07, 6.45) is 5.57. The predicted molar refractivity (Wildman–Crippen MR) is 98.7 cm³/mol. The number of benzene rings is 1. The first-order chi connectivity index (χ1) is 12.3. The molecule has 6 nitrogen and oxygen atoms in total. The van der Waals surface area contributed by atoms with Gasteiger partial charge in [0.05, 0.1) is 0 Å². The highest BCUT2D eigenvalue weighted by molar-refractivity contribution is 5.78. The molecule has 6 heteroatoms. The van der Waals surface area contributed by atoms with Crippen LogP contribution in [-0.4, -0.2) is 34.1 Å². The van der Waals surface area contributed by atoms with Crippen molar-refractivity contribution in [3.63, 3.8) is 0 Å². The molecule has 0 saturated carbocycles. The molecule has 1 aliphatic heterocycles. The van der Waals surface area contributed by atoms with Crippen molar-refractivity contribution in [2.75, 3.05) is 18.0 Å². The van der Waals surface area contributed by atoms with E-state index in [9.17, 15) is 4.79 Å². The summed E-state index contributed by atoms with van der Waals surface area (Å²) < 4.78 is 0. The Kier molecular flexibility index (Phi) is 4.43. The van der Waals surface area contributed by atoms with Gasteiger partial charge in [-0.05, 0) is 36.4 Å². The monoisotopic (exact) mass is 335 g/mol. The van der Waals surface area contributed by atoms with E-state index >= 15 is 0 Å². The molecule has 0 unspecified atom stereocenters. The Hall–Kier alpha value is -2.73. The van der Waals surface area contributed by atoms with E-state index in [-0.39, 0.29) is 5.56 Å². The number of hydrogen-bond donors (Lipinski definition) is 2. The number of nitrogens with zero attached hydrogens (tertiary/aromatic N) is 3. The molecule has 0 amide bonds. The summed E-state index contributed by atoms with van der Waals surface area (Å²) in [5.74, 6) is 0.963. The molecule has 1 aliphatic rings. The van der Waals surface area contributed by atoms with Gasteiger partial charge in [-0.1, -0.05) is 18.2 Å². The van der Waals surface area contributed by atoms with Crippen LogP contribution in [0.4, 0.5) is 5.82 Å². The molecular weight excluding hydrogens is 314 g/mol. The highest BCUT2D eigenvalue weighted by atomic mass is 16.1. The summed E-state index contributed by atoms with van der Waals surface area (Å²) in [5.41, 5.74) is 1.64. The van der Waals surface area contributed by atoms with Crippen molar-refractivity contribution < 1.29 is 0 Å². The molecule has 1 aromatic carbocycles. The van der Waals surface area contributed by atoms with Crippen molar-refractivity contribution in [2.45, 2.75) is 25.4 Å². The molecule has 3 aromatic rings. The fourth-order valence-corrected chi connectivity index (χ4v) is 3.40. The molecule has 128 valence electrons. The largest absolute Gasteiger partial charge is 0.355 e. The number of piperidine rings is 1. The first kappa shape index (κ1) is 15.8. The molecule has 0 aliphatic carbocycles. The van der Waals surface area contributed by atoms with Gasteiger partial charge in [0, 0.05) is 43.0 Å². The number of para-hydroxylation sites is 1. The van der Waals surface area contributed by atoms with Gasteiger partial charge >= 0.3 is 0 Å². The van der Waals surface area contributed by atoms with Crippen LogP contribution in [0.3, 0.4) is 0 Å². The molecule has 0 spiro atoms. The van der Waals surface area contributed by atoms with Gasteiger partial charge in [0.1, 0.15) is 12.1 Å². The maximum atomic E-state index is 12.3. The van der Waals surface area contributed by atoms with Gasteiger partial charge in [-0.3, -0.25) is 4.79 Å². The predicted octanol–water partition coefficient (Wildman–Crippen LogP) is 2.08. The maximum Gasteiger partial charge on any atom is 0.252 e. The van der Waals surface area contributed by atoms with Crippen LogP contribution >= 0.6 is 0 Å². The third-order valence-corrected chi connectivity index (χ3v) is 4.72. The smallest absolute Gasteiger partial charge is 0.252 e. The number of aromatic amines is 1. The van der Waals surface area contributed by atoms with E-state index in [1.54, 1.807) is 12.5 Å². The van der Waals surface area contributed by atoms with E-state index in [4.69, 9.17) is 0 Å². The van der Waals surface area contributed by atoms with Crippen LogP contribution in [-0.2, 0) is 6.54 Å². The minimum Gasteiger partial charge on any atom is -0.355 e. The number of aromatic nitrogens is 3. The molecule has 2 aromatic heterocycles. The average Bonchev–Trinajstić information content (AvgIpc) is 2.67. The fraction of sp³-hybridized carbons (Fsp3) is 0.316. The minimum absolute atomic E-state index is 0.0188. The third kappa shape index (κ3) is 3.53. The second kappa shape index (κ2) is 7.03. The van der Waals surface area contributed by atoms with Gasteiger partial charge in [0.25, 0.3) is 5.56 Å². The second-order valence-corrected chi connectivity index (χ2v) is 6.44. The van der Waals surface area contributed by atoms with Crippen molar-refractivity contribution in [3.8, 4) is 0 Å². The zero-order valence-corrected chi connectivity index (χ0v) is 14.0. The number of anilines is 1. The standard InChI is InChI=1S/C19H21N5O/c25-19-15(10-14-4-1-2-6-17(14)23-19)11-21-16-5-3-9-24(12-16)18-7-8-20-13-22-18/h1-2,4,6-8,10,13,16,21H,3,5,9,11-12H2,(H,23,25)/t16-/m0/s1. The Labute approximate surface area is 145 Å². The number of fused-ring (bicyclic) bond motifs is 1. The number of rotatable bonds is 4. The number of pyridine rings is 1. The van der Waals surface area contributed by atoms with Gasteiger partial charge in [-0.25, -0.2) is 9.97 Å². The van der Waals surface area contributed by atoms with E-state index in [1.165, 1.54) is 0 Å². The quantitative estimate of drug-likeness (QED) is 0.764. The zero-order valence-electron chi connectivity index (χ0n) is 14.0. The lowest BCUT2D eigenvalue weighted by molar-refractivity contribution is 0.419. The van der Waals surface area contributed by atoms with Crippen molar-refractivity contribution >= 4 is 16.7 Å². The highest BCUT2D eigenvalue weighted by Crippen LogP contribution is 2.17. The molecule has 1 saturated heterocycles. The Bertz CT molecular complexity index is 908. The minimum atomic E-state index is -0.0188. The summed E-state index contributed by atoms with van der Waals surface area (Å²) >= 11 is 0. The highest BCUT2D eigenvalue weighted by Gasteiger charge is 2.20. The summed E-state index contributed by atoms with van der Waals surface area (Å²) in [4.78, 5) is 25.8. The maximum absolute atomic E-state index is 12.3. The van der Waals surface area contributed by atoms with E-state index in [0.29, 0.717) is 12.6 Å². The van der Waals surface area contributed by atoms with Crippen molar-refractivity contribution in [1.29, 1.82) is 0 Å². The molecule has 1 atom stereocenters. The number of hydrogen-bond acceptors (Lipinski definition) is 5. The van der Waals surface area contributed by atoms with Crippen molar-refractivity contribution in [1.82, 2.24) is 20.3 Å². The molecule has 4 rings (SSSR count). The van der Waals surface area contributed by atoms with Gasteiger partial charge in [-0.15, -0.1) is 0 Å². The Morgan fingerprint density at radius 3 is 3.08 bits per heavy atom. The van der Waals surface area contributed by atoms with E-state index in [0.717, 1.165) is 48.2 Å². The lowest BCUT2D eigenvalue weighted by atomic mass is 10.1. The van der Waals surface area contributed by atoms with Crippen molar-refractivity contribution in [3.05, 3.63) is 64.8 Å². The summed E-state index contributed by atoms with van der Waals surface area (Å²) in [5, 5.41) is 4.60. The van der Waals surface area contributed by atoms with Crippen LogP contribution in [0.1, 0.15) is 18.4 Å². The lowest BCUT2D eigenvalue weighted by Gasteiger charge is -2.34. The molecule has 0 radical (unpaired) electrons. The van der Waals surface area contributed by atoms with Gasteiger partial charge in [-0.2, -0.15) is 0 Å². The van der Waals surface area contributed by atoms with Gasteiger partial charge < -0.3 is 15.2 Å². The van der Waals surface area contributed by atoms with E-state index in [2.05, 4.69) is 25.2 Å². The summed E-state index contributed by atoms with van der Waals surface area (Å²) in [6, 6.07) is 12.1. The SMILES string of the molecule is O=c1[nH]c2ccccc2cc1CN[C@H]1CCCN(c2ccncn2)C1. The number of nitrogens with one attached hydrogen (secondary N) is 2. The fourth-order valence-electron chi connectivity index (χ4n) is 3.40. The van der Waals surface area contributed by atoms with Crippen LogP contribution in [0.25, 0.3) is 10.9 Å². The Morgan fingerprint density at radius 1 is 1.28 bits per heavy atom. The molecule has 1 fully saturated rings. The van der Waals surface area contributed by atoms with E-state index < -0.39 is 0 Å². The average molecular weight is 335 g/mol. The molecule has 25 heavy (non-hydrogen) atoms. The molecule has 0 bridgehead atoms. The van der Waals surface area contributed by atoms with Crippen LogP contribution < -0.4 is 15.8 Å². The van der Waals surface area contributed by atoms with Crippen LogP contribution in [0.5, 0.6) is 0 Å². The first-order valence-corrected chi connectivity index (χ1v) is 8.65. The van der Waals surface area contributed by atoms with Crippen LogP contribution in [0.2, 0.25) is 0 Å². The van der Waals surface area contributed by atoms with Crippen LogP contribution in [0.15, 0.2) is 53.7 Å². The zero-order chi connectivity index (χ0) is 17.1. The third-order valence-electron chi connectivity index (χ3n) is 4.72. The normalized spacial score (nSPS) is 17.8. The van der Waals surface area contributed by atoms with Crippen LogP contribution in [0, 0.1) is 0 Å². The Morgan fingerprint density at radius 2 is 2.20 bits per heavy atom. The molecule has 2 N–H and O–H groups in total. The Balaban J connectivity index is 1.44. The van der Waals surface area contributed by atoms with Gasteiger partial charge in [0.15, 0.2) is 0 Å². The topological polar surface area (TPSA) is 73.9 Å². The summed E-state index contributed by atoms with van der Waals surface area (Å²) in [7, 11) is 0. The number of H-pyrrole nitrogens is 1. The van der Waals surface area contributed by atoms with Gasteiger partial charge in [0.2, 0.25) is 0 Å². The lowest BCUT2D eigenvalue weighted by Crippen LogP contribution is -2.46. The van der Waals surface area contributed by atoms with E-state index in [1.807, 2.05) is 36.4 Å². The second-order valence-electron chi connectivity index (χ2n) is 6.44. The summed E-state index contributed by atoms with van der Waals surface area (Å²) in [6.45, 7) is 2.47.